The molecule has 5 heteroatoms. The Kier molecular flexibility index (Phi) is 3.10. The molecule has 1 saturated heterocycles. The van der Waals surface area contributed by atoms with Gasteiger partial charge >= 0.3 is 11.9 Å². The van der Waals surface area contributed by atoms with E-state index in [4.69, 9.17) is 4.74 Å². The van der Waals surface area contributed by atoms with Gasteiger partial charge in [0, 0.05) is 6.92 Å². The van der Waals surface area contributed by atoms with E-state index in [2.05, 4.69) is 4.74 Å². The van der Waals surface area contributed by atoms with Gasteiger partial charge in [-0.2, -0.15) is 0 Å². The maximum atomic E-state index is 11.1. The fourth-order valence-corrected chi connectivity index (χ4v) is 1.53. The summed E-state index contributed by atoms with van der Waals surface area (Å²) in [5, 5.41) is 9.95. The standard InChI is InChI=1S/C9H14O5/c1-3-7-8(11)14-5-9(7,12)4-13-6(2)10/h7,12H,3-5H2,1-2H3. The van der Waals surface area contributed by atoms with Crippen molar-refractivity contribution in [1.82, 2.24) is 0 Å². The molecule has 0 spiro atoms. The summed E-state index contributed by atoms with van der Waals surface area (Å²) in [5.74, 6) is -1.50. The van der Waals surface area contributed by atoms with E-state index >= 15 is 0 Å². The van der Waals surface area contributed by atoms with Crippen LogP contribution in [0.15, 0.2) is 0 Å². The summed E-state index contributed by atoms with van der Waals surface area (Å²) in [6.07, 6.45) is 0.469. The Morgan fingerprint density at radius 1 is 1.79 bits per heavy atom. The number of cyclic esters (lactones) is 1. The zero-order chi connectivity index (χ0) is 10.8. The lowest BCUT2D eigenvalue weighted by molar-refractivity contribution is -0.152. The van der Waals surface area contributed by atoms with E-state index in [1.165, 1.54) is 6.92 Å². The van der Waals surface area contributed by atoms with Gasteiger partial charge in [0.2, 0.25) is 0 Å². The molecule has 0 aromatic carbocycles. The minimum absolute atomic E-state index is 0.0996. The Morgan fingerprint density at radius 2 is 2.43 bits per heavy atom. The Labute approximate surface area is 82.0 Å². The third-order valence-corrected chi connectivity index (χ3v) is 2.33. The van der Waals surface area contributed by atoms with Crippen molar-refractivity contribution in [2.45, 2.75) is 25.9 Å². The molecule has 0 aromatic heterocycles. The maximum Gasteiger partial charge on any atom is 0.312 e. The van der Waals surface area contributed by atoms with Gasteiger partial charge < -0.3 is 14.6 Å². The van der Waals surface area contributed by atoms with E-state index < -0.39 is 23.5 Å². The maximum absolute atomic E-state index is 11.1. The van der Waals surface area contributed by atoms with Gasteiger partial charge in [-0.1, -0.05) is 6.92 Å². The summed E-state index contributed by atoms with van der Waals surface area (Å²) in [5.41, 5.74) is -1.35. The zero-order valence-corrected chi connectivity index (χ0v) is 8.28. The van der Waals surface area contributed by atoms with E-state index in [1.807, 2.05) is 0 Å². The second-order valence-corrected chi connectivity index (χ2v) is 3.45. The largest absolute Gasteiger partial charge is 0.463 e. The molecular weight excluding hydrogens is 188 g/mol. The van der Waals surface area contributed by atoms with Crippen molar-refractivity contribution in [2.75, 3.05) is 13.2 Å². The summed E-state index contributed by atoms with van der Waals surface area (Å²) >= 11 is 0. The minimum atomic E-state index is -1.35. The molecule has 0 aromatic rings. The Bertz CT molecular complexity index is 250. The molecule has 1 fully saturated rings. The van der Waals surface area contributed by atoms with Crippen LogP contribution in [0.25, 0.3) is 0 Å². The quantitative estimate of drug-likeness (QED) is 0.645. The first-order valence-corrected chi connectivity index (χ1v) is 4.52. The second kappa shape index (κ2) is 3.96. The van der Waals surface area contributed by atoms with Crippen molar-refractivity contribution in [1.29, 1.82) is 0 Å². The van der Waals surface area contributed by atoms with Gasteiger partial charge in [0.15, 0.2) is 0 Å². The third kappa shape index (κ3) is 2.04. The number of esters is 2. The predicted molar refractivity (Wildman–Crippen MR) is 46.3 cm³/mol. The number of hydrogen-bond donors (Lipinski definition) is 1. The van der Waals surface area contributed by atoms with Crippen LogP contribution in [0.3, 0.4) is 0 Å². The number of carbonyl (C=O) groups is 2. The van der Waals surface area contributed by atoms with Gasteiger partial charge in [0.1, 0.15) is 18.8 Å². The van der Waals surface area contributed by atoms with Crippen molar-refractivity contribution in [3.05, 3.63) is 0 Å². The van der Waals surface area contributed by atoms with Crippen LogP contribution in [0, 0.1) is 5.92 Å². The zero-order valence-electron chi connectivity index (χ0n) is 8.28. The molecule has 1 aliphatic heterocycles. The molecule has 2 atom stereocenters. The number of aliphatic hydroxyl groups is 1. The van der Waals surface area contributed by atoms with Crippen molar-refractivity contribution >= 4 is 11.9 Å². The molecule has 5 nitrogen and oxygen atoms in total. The van der Waals surface area contributed by atoms with Crippen LogP contribution in [-0.2, 0) is 19.1 Å². The van der Waals surface area contributed by atoms with Crippen molar-refractivity contribution in [2.24, 2.45) is 5.92 Å². The molecule has 0 aliphatic carbocycles. The molecule has 0 amide bonds. The average molecular weight is 202 g/mol. The van der Waals surface area contributed by atoms with E-state index in [1.54, 1.807) is 6.92 Å². The topological polar surface area (TPSA) is 72.8 Å². The van der Waals surface area contributed by atoms with E-state index in [0.29, 0.717) is 6.42 Å². The first-order chi connectivity index (χ1) is 6.49. The lowest BCUT2D eigenvalue weighted by Crippen LogP contribution is -2.43. The van der Waals surface area contributed by atoms with Crippen molar-refractivity contribution < 1.29 is 24.2 Å². The van der Waals surface area contributed by atoms with Crippen LogP contribution in [0.5, 0.6) is 0 Å². The van der Waals surface area contributed by atoms with Gasteiger partial charge in [-0.05, 0) is 6.42 Å². The SMILES string of the molecule is CCC1C(=O)OCC1(O)COC(C)=O. The van der Waals surface area contributed by atoms with Gasteiger partial charge in [0.05, 0.1) is 5.92 Å². The molecule has 0 bridgehead atoms. The monoisotopic (exact) mass is 202 g/mol. The lowest BCUT2D eigenvalue weighted by Gasteiger charge is -2.23. The van der Waals surface area contributed by atoms with Crippen LogP contribution in [0.1, 0.15) is 20.3 Å². The smallest absolute Gasteiger partial charge is 0.312 e. The fraction of sp³-hybridized carbons (Fsp3) is 0.778. The molecule has 1 N–H and O–H groups in total. The number of hydrogen-bond acceptors (Lipinski definition) is 5. The summed E-state index contributed by atoms with van der Waals surface area (Å²) in [6, 6.07) is 0. The van der Waals surface area contributed by atoms with Crippen LogP contribution < -0.4 is 0 Å². The predicted octanol–water partition coefficient (Wildman–Crippen LogP) is -0.136. The number of carbonyl (C=O) groups excluding carboxylic acids is 2. The number of rotatable bonds is 3. The lowest BCUT2D eigenvalue weighted by atomic mass is 9.89. The Hall–Kier alpha value is -1.10. The summed E-state index contributed by atoms with van der Waals surface area (Å²) in [4.78, 5) is 21.7. The normalized spacial score (nSPS) is 31.4. The minimum Gasteiger partial charge on any atom is -0.463 e. The van der Waals surface area contributed by atoms with Crippen molar-refractivity contribution in [3.63, 3.8) is 0 Å². The van der Waals surface area contributed by atoms with E-state index in [-0.39, 0.29) is 13.2 Å². The van der Waals surface area contributed by atoms with Gasteiger partial charge in [-0.25, -0.2) is 0 Å². The highest BCUT2D eigenvalue weighted by Gasteiger charge is 2.49. The van der Waals surface area contributed by atoms with E-state index in [9.17, 15) is 14.7 Å². The van der Waals surface area contributed by atoms with Crippen molar-refractivity contribution in [3.8, 4) is 0 Å². The van der Waals surface area contributed by atoms with Gasteiger partial charge in [-0.3, -0.25) is 9.59 Å². The summed E-state index contributed by atoms with van der Waals surface area (Å²) in [6.45, 7) is 2.74. The highest BCUT2D eigenvalue weighted by atomic mass is 16.6. The van der Waals surface area contributed by atoms with Gasteiger partial charge in [-0.15, -0.1) is 0 Å². The fourth-order valence-electron chi connectivity index (χ4n) is 1.53. The molecule has 0 saturated carbocycles. The molecular formula is C9H14O5. The summed E-state index contributed by atoms with van der Waals surface area (Å²) < 4.78 is 9.41. The first-order valence-electron chi connectivity index (χ1n) is 4.52. The molecule has 14 heavy (non-hydrogen) atoms. The highest BCUT2D eigenvalue weighted by Crippen LogP contribution is 2.29. The molecule has 0 radical (unpaired) electrons. The Morgan fingerprint density at radius 3 is 2.93 bits per heavy atom. The first kappa shape index (κ1) is 11.0. The molecule has 2 unspecified atom stereocenters. The Balaban J connectivity index is 2.63. The summed E-state index contributed by atoms with van der Waals surface area (Å²) in [7, 11) is 0. The van der Waals surface area contributed by atoms with E-state index in [0.717, 1.165) is 0 Å². The molecule has 1 heterocycles. The average Bonchev–Trinajstić information content (AvgIpc) is 2.40. The van der Waals surface area contributed by atoms with Crippen LogP contribution in [0.4, 0.5) is 0 Å². The number of ether oxygens (including phenoxy) is 2. The molecule has 1 aliphatic rings. The molecule has 1 rings (SSSR count). The second-order valence-electron chi connectivity index (χ2n) is 3.45. The third-order valence-electron chi connectivity index (χ3n) is 2.33. The van der Waals surface area contributed by atoms with Crippen LogP contribution in [0.2, 0.25) is 0 Å². The molecule has 80 valence electrons. The van der Waals surface area contributed by atoms with Crippen LogP contribution >= 0.6 is 0 Å². The highest BCUT2D eigenvalue weighted by molar-refractivity contribution is 5.76. The van der Waals surface area contributed by atoms with Crippen LogP contribution in [-0.4, -0.2) is 35.9 Å². The van der Waals surface area contributed by atoms with Gasteiger partial charge in [0.25, 0.3) is 0 Å².